The van der Waals surface area contributed by atoms with Crippen LogP contribution >= 0.6 is 0 Å². The molecule has 0 heterocycles. The van der Waals surface area contributed by atoms with Crippen molar-refractivity contribution in [2.45, 2.75) is 20.8 Å². The summed E-state index contributed by atoms with van der Waals surface area (Å²) in [5.41, 5.74) is 0. The number of carbonyl (C=O) groups excluding carboxylic acids is 4. The van der Waals surface area contributed by atoms with E-state index in [1.807, 2.05) is 6.92 Å². The quantitative estimate of drug-likeness (QED) is 0.236. The minimum absolute atomic E-state index is 0.0394. The predicted molar refractivity (Wildman–Crippen MR) is 80.4 cm³/mol. The average molecular weight is 350 g/mol. The van der Waals surface area contributed by atoms with E-state index in [9.17, 15) is 19.2 Å². The Morgan fingerprint density at radius 1 is 1.17 bits per heavy atom. The highest BCUT2D eigenvalue weighted by molar-refractivity contribution is 5.72. The number of ether oxygens (including phenoxy) is 1. The molecule has 0 aliphatic heterocycles. The number of isocyanates is 2. The van der Waals surface area contributed by atoms with Gasteiger partial charge in [-0.05, 0) is 6.92 Å². The second kappa shape index (κ2) is 27.9. The van der Waals surface area contributed by atoms with Gasteiger partial charge in [0.05, 0.1) is 0 Å². The van der Waals surface area contributed by atoms with E-state index in [2.05, 4.69) is 20.0 Å². The standard InChI is InChI=1S/C4H9NO.C3H2N2O2.C3H4O4.C2H4O2/c1-3-5-4(2)6;6-2-4-1-5-3-7;4-2-7-1-3(5)6;1-2(3)4/h3H2,1-2H3,(H,5,6);1H2;2H,1H2,(H,5,6);1H3,(H,3,4)/p+1. The van der Waals surface area contributed by atoms with Crippen LogP contribution in [0.3, 0.4) is 0 Å². The molecule has 24 heavy (non-hydrogen) atoms. The predicted octanol–water partition coefficient (Wildman–Crippen LogP) is -0.931. The van der Waals surface area contributed by atoms with E-state index >= 15 is 0 Å². The zero-order valence-electron chi connectivity index (χ0n) is 13.4. The lowest BCUT2D eigenvalue weighted by atomic mass is 10.6. The summed E-state index contributed by atoms with van der Waals surface area (Å²) in [7, 11) is 0. The molecule has 0 bridgehead atoms. The summed E-state index contributed by atoms with van der Waals surface area (Å²) < 4.78 is 3.93. The molecule has 0 aromatic rings. The molecular formula is C12H20N3O9+. The van der Waals surface area contributed by atoms with Gasteiger partial charge in [0.1, 0.15) is 0 Å². The highest BCUT2D eigenvalue weighted by Gasteiger charge is 1.98. The number of carboxylic acids is 2. The van der Waals surface area contributed by atoms with E-state index in [1.54, 1.807) is 0 Å². The molecule has 0 radical (unpaired) electrons. The first-order chi connectivity index (χ1) is 11.2. The molecule has 0 aromatic heterocycles. The molecule has 0 rings (SSSR count). The number of nitrogens with one attached hydrogen (secondary N) is 1. The van der Waals surface area contributed by atoms with E-state index in [4.69, 9.17) is 19.8 Å². The van der Waals surface area contributed by atoms with E-state index in [0.29, 0.717) is 6.47 Å². The van der Waals surface area contributed by atoms with Gasteiger partial charge in [0, 0.05) is 20.4 Å². The second-order valence-corrected chi connectivity index (χ2v) is 3.06. The molecule has 0 atom stereocenters. The highest BCUT2D eigenvalue weighted by atomic mass is 16.5. The van der Waals surface area contributed by atoms with Crippen LogP contribution in [0.4, 0.5) is 0 Å². The third-order valence-corrected chi connectivity index (χ3v) is 0.978. The van der Waals surface area contributed by atoms with E-state index in [-0.39, 0.29) is 12.6 Å². The Morgan fingerprint density at radius 3 is 1.71 bits per heavy atom. The molecule has 0 saturated carbocycles. The van der Waals surface area contributed by atoms with Gasteiger partial charge in [-0.2, -0.15) is 9.98 Å². The SMILES string of the molecule is CC(=O)O.CCNC(C)=O.O=C(O)COC=[OH+].O=C=NCN=C=O. The number of aliphatic carboxylic acids is 2. The van der Waals surface area contributed by atoms with E-state index < -0.39 is 18.5 Å². The van der Waals surface area contributed by atoms with Crippen molar-refractivity contribution in [3.63, 3.8) is 0 Å². The van der Waals surface area contributed by atoms with E-state index in [0.717, 1.165) is 13.5 Å². The lowest BCUT2D eigenvalue weighted by molar-refractivity contribution is -0.139. The van der Waals surface area contributed by atoms with Gasteiger partial charge >= 0.3 is 12.4 Å². The van der Waals surface area contributed by atoms with Gasteiger partial charge in [-0.3, -0.25) is 9.59 Å². The molecule has 0 unspecified atom stereocenters. The number of nitrogens with zero attached hydrogens (tertiary/aromatic N) is 2. The van der Waals surface area contributed by atoms with Crippen LogP contribution in [-0.4, -0.2) is 71.3 Å². The van der Waals surface area contributed by atoms with Crippen LogP contribution in [0.25, 0.3) is 0 Å². The molecule has 0 spiro atoms. The number of hydrogen-bond donors (Lipinski definition) is 3. The molecule has 136 valence electrons. The topological polar surface area (TPSA) is 193 Å². The van der Waals surface area contributed by atoms with Crippen molar-refractivity contribution in [1.29, 1.82) is 0 Å². The maximum atomic E-state index is 9.93. The van der Waals surface area contributed by atoms with Crippen LogP contribution in [0, 0.1) is 0 Å². The Labute approximate surface area is 137 Å². The Kier molecular flexibility index (Phi) is 33.4. The van der Waals surface area contributed by atoms with Crippen LogP contribution in [0.5, 0.6) is 0 Å². The van der Waals surface area contributed by atoms with Gasteiger partial charge < -0.3 is 25.1 Å². The zero-order valence-corrected chi connectivity index (χ0v) is 13.4. The van der Waals surface area contributed by atoms with Crippen molar-refractivity contribution >= 4 is 36.5 Å². The Morgan fingerprint density at radius 2 is 1.58 bits per heavy atom. The third kappa shape index (κ3) is 99.4. The molecule has 4 N–H and O–H groups in total. The summed E-state index contributed by atoms with van der Waals surface area (Å²) in [6.45, 7) is 4.90. The van der Waals surface area contributed by atoms with Gasteiger partial charge in [-0.25, -0.2) is 14.4 Å². The van der Waals surface area contributed by atoms with Gasteiger partial charge in [-0.1, -0.05) is 0 Å². The van der Waals surface area contributed by atoms with Crippen molar-refractivity contribution in [3.05, 3.63) is 0 Å². The fraction of sp³-hybridized carbons (Fsp3) is 0.500. The smallest absolute Gasteiger partial charge is 0.471 e. The molecule has 12 heteroatoms. The third-order valence-electron chi connectivity index (χ3n) is 0.978. The summed E-state index contributed by atoms with van der Waals surface area (Å²) in [5, 5.41) is 17.8. The Hall–Kier alpha value is -3.36. The first-order valence-electron chi connectivity index (χ1n) is 5.99. The number of aliphatic imine (C=N–C) groups is 2. The Bertz CT molecular complexity index is 433. The van der Waals surface area contributed by atoms with Crippen LogP contribution < -0.4 is 5.32 Å². The molecule has 0 saturated heterocycles. The molecule has 0 fully saturated rings. The maximum absolute atomic E-state index is 9.93. The number of amides is 1. The fourth-order valence-electron chi connectivity index (χ4n) is 0.451. The summed E-state index contributed by atoms with van der Waals surface area (Å²) in [4.78, 5) is 60.4. The van der Waals surface area contributed by atoms with Gasteiger partial charge in [0.2, 0.25) is 18.1 Å². The number of carbonyl (C=O) groups is 3. The van der Waals surface area contributed by atoms with Crippen LogP contribution in [0.2, 0.25) is 0 Å². The molecule has 0 aromatic carbocycles. The minimum atomic E-state index is -1.11. The first-order valence-corrected chi connectivity index (χ1v) is 5.99. The van der Waals surface area contributed by atoms with Crippen molar-refractivity contribution in [2.75, 3.05) is 19.8 Å². The molecule has 0 aliphatic carbocycles. The fourth-order valence-corrected chi connectivity index (χ4v) is 0.451. The van der Waals surface area contributed by atoms with Crippen LogP contribution in [-0.2, 0) is 28.7 Å². The first kappa shape index (κ1) is 28.8. The average Bonchev–Trinajstić information content (AvgIpc) is 2.46. The second-order valence-electron chi connectivity index (χ2n) is 3.06. The lowest BCUT2D eigenvalue weighted by Gasteiger charge is -1.88. The summed E-state index contributed by atoms with van der Waals surface area (Å²) in [5.74, 6) is -1.90. The number of carboxylic acid groups (broad SMARTS) is 2. The van der Waals surface area contributed by atoms with E-state index in [1.165, 1.54) is 19.1 Å². The number of rotatable bonds is 6. The molecule has 0 aliphatic rings. The van der Waals surface area contributed by atoms with Crippen molar-refractivity contribution in [3.8, 4) is 0 Å². The summed E-state index contributed by atoms with van der Waals surface area (Å²) in [6.07, 6.45) is 2.41. The summed E-state index contributed by atoms with van der Waals surface area (Å²) in [6, 6.07) is 0. The molecule has 12 nitrogen and oxygen atoms in total. The normalized spacial score (nSPS) is 6.79. The minimum Gasteiger partial charge on any atom is -0.481 e. The van der Waals surface area contributed by atoms with Crippen LogP contribution in [0.1, 0.15) is 20.8 Å². The van der Waals surface area contributed by atoms with Gasteiger partial charge in [0.25, 0.3) is 12.6 Å². The van der Waals surface area contributed by atoms with Crippen molar-refractivity contribution < 1.29 is 43.7 Å². The maximum Gasteiger partial charge on any atom is 0.471 e. The number of hydrogen-bond acceptors (Lipinski definition) is 8. The largest absolute Gasteiger partial charge is 0.481 e. The monoisotopic (exact) mass is 350 g/mol. The summed E-state index contributed by atoms with van der Waals surface area (Å²) >= 11 is 0. The van der Waals surface area contributed by atoms with Gasteiger partial charge in [0.15, 0.2) is 6.67 Å². The Balaban J connectivity index is -0.000000113. The molecular weight excluding hydrogens is 330 g/mol. The van der Waals surface area contributed by atoms with Gasteiger partial charge in [-0.15, -0.1) is 0 Å². The molecule has 1 amide bonds. The highest BCUT2D eigenvalue weighted by Crippen LogP contribution is 1.63. The van der Waals surface area contributed by atoms with Crippen LogP contribution in [0.15, 0.2) is 9.98 Å². The zero-order chi connectivity index (χ0) is 19.8. The lowest BCUT2D eigenvalue weighted by Crippen LogP contribution is -2.18. The van der Waals surface area contributed by atoms with Crippen molar-refractivity contribution in [1.82, 2.24) is 5.32 Å². The van der Waals surface area contributed by atoms with Crippen molar-refractivity contribution in [2.24, 2.45) is 9.98 Å².